The molecule has 2 aromatic carbocycles. The van der Waals surface area contributed by atoms with Gasteiger partial charge in [0, 0.05) is 13.1 Å². The molecular formula is C22H22ClN3O2. The maximum absolute atomic E-state index is 12.8. The average molecular weight is 396 g/mol. The van der Waals surface area contributed by atoms with Crippen molar-refractivity contribution in [3.8, 4) is 0 Å². The third kappa shape index (κ3) is 3.96. The van der Waals surface area contributed by atoms with Gasteiger partial charge in [0.1, 0.15) is 11.1 Å². The fourth-order valence-electron chi connectivity index (χ4n) is 3.55. The van der Waals surface area contributed by atoms with E-state index in [4.69, 9.17) is 16.3 Å². The van der Waals surface area contributed by atoms with Gasteiger partial charge < -0.3 is 9.64 Å². The monoisotopic (exact) mass is 395 g/mol. The molecule has 0 amide bonds. The van der Waals surface area contributed by atoms with Crippen molar-refractivity contribution < 1.29 is 4.74 Å². The summed E-state index contributed by atoms with van der Waals surface area (Å²) in [5.74, 6) is 0. The summed E-state index contributed by atoms with van der Waals surface area (Å²) in [4.78, 5) is 14.9. The maximum Gasteiger partial charge on any atom is 0.287 e. The average Bonchev–Trinajstić information content (AvgIpc) is 2.72. The fourth-order valence-corrected chi connectivity index (χ4v) is 3.81. The zero-order valence-corrected chi connectivity index (χ0v) is 16.4. The number of aromatic nitrogens is 2. The molecule has 6 heteroatoms. The molecule has 1 aliphatic rings. The van der Waals surface area contributed by atoms with Crippen molar-refractivity contribution in [1.82, 2.24) is 9.78 Å². The minimum Gasteiger partial charge on any atom is -0.367 e. The SMILES string of the molecule is CC1CN(c2cnn(Cc3ccccc3)c(=O)c2Cl)CC(c2ccccc2)O1. The molecule has 0 saturated carbocycles. The van der Waals surface area contributed by atoms with Gasteiger partial charge in [-0.3, -0.25) is 4.79 Å². The van der Waals surface area contributed by atoms with Crippen LogP contribution in [0.5, 0.6) is 0 Å². The topological polar surface area (TPSA) is 47.4 Å². The molecule has 1 aliphatic heterocycles. The van der Waals surface area contributed by atoms with Gasteiger partial charge in [-0.05, 0) is 18.1 Å². The van der Waals surface area contributed by atoms with Gasteiger partial charge in [0.15, 0.2) is 0 Å². The first-order valence-electron chi connectivity index (χ1n) is 9.36. The van der Waals surface area contributed by atoms with Crippen LogP contribution in [0.3, 0.4) is 0 Å². The van der Waals surface area contributed by atoms with E-state index in [0.29, 0.717) is 25.3 Å². The zero-order chi connectivity index (χ0) is 19.5. The lowest BCUT2D eigenvalue weighted by Gasteiger charge is -2.38. The summed E-state index contributed by atoms with van der Waals surface area (Å²) in [6.07, 6.45) is 1.63. The molecule has 28 heavy (non-hydrogen) atoms. The van der Waals surface area contributed by atoms with Crippen LogP contribution >= 0.6 is 11.6 Å². The van der Waals surface area contributed by atoms with E-state index in [0.717, 1.165) is 11.1 Å². The van der Waals surface area contributed by atoms with E-state index in [1.807, 2.05) is 55.5 Å². The van der Waals surface area contributed by atoms with Crippen LogP contribution in [-0.4, -0.2) is 29.0 Å². The van der Waals surface area contributed by atoms with Gasteiger partial charge >= 0.3 is 0 Å². The van der Waals surface area contributed by atoms with Crippen LogP contribution < -0.4 is 10.5 Å². The Morgan fingerprint density at radius 1 is 1.07 bits per heavy atom. The molecule has 0 radical (unpaired) electrons. The van der Waals surface area contributed by atoms with E-state index < -0.39 is 0 Å². The number of halogens is 1. The number of ether oxygens (including phenoxy) is 1. The Labute approximate surface area is 169 Å². The molecule has 1 fully saturated rings. The first kappa shape index (κ1) is 18.7. The summed E-state index contributed by atoms with van der Waals surface area (Å²) in [6.45, 7) is 3.71. The summed E-state index contributed by atoms with van der Waals surface area (Å²) in [5, 5.41) is 4.57. The van der Waals surface area contributed by atoms with E-state index in [2.05, 4.69) is 22.1 Å². The van der Waals surface area contributed by atoms with Crippen LogP contribution in [0.1, 0.15) is 24.2 Å². The van der Waals surface area contributed by atoms with Crippen molar-refractivity contribution in [2.45, 2.75) is 25.7 Å². The van der Waals surface area contributed by atoms with Gasteiger partial charge in [-0.1, -0.05) is 72.3 Å². The smallest absolute Gasteiger partial charge is 0.287 e. The lowest BCUT2D eigenvalue weighted by molar-refractivity contribution is -0.0174. The molecule has 5 nitrogen and oxygen atoms in total. The molecule has 1 saturated heterocycles. The van der Waals surface area contributed by atoms with Gasteiger partial charge in [0.25, 0.3) is 5.56 Å². The molecule has 0 bridgehead atoms. The third-order valence-electron chi connectivity index (χ3n) is 4.91. The molecule has 4 rings (SSSR count). The highest BCUT2D eigenvalue weighted by Crippen LogP contribution is 2.30. The van der Waals surface area contributed by atoms with Gasteiger partial charge in [0.2, 0.25) is 0 Å². The van der Waals surface area contributed by atoms with Gasteiger partial charge in [-0.25, -0.2) is 4.68 Å². The third-order valence-corrected chi connectivity index (χ3v) is 5.27. The van der Waals surface area contributed by atoms with Gasteiger partial charge in [-0.15, -0.1) is 0 Å². The molecule has 2 heterocycles. The second-order valence-corrected chi connectivity index (χ2v) is 7.42. The van der Waals surface area contributed by atoms with Crippen LogP contribution in [0.15, 0.2) is 71.7 Å². The second-order valence-electron chi connectivity index (χ2n) is 7.04. The Morgan fingerprint density at radius 3 is 2.46 bits per heavy atom. The predicted molar refractivity (Wildman–Crippen MR) is 111 cm³/mol. The Balaban J connectivity index is 1.60. The fraction of sp³-hybridized carbons (Fsp3) is 0.273. The number of anilines is 1. The minimum atomic E-state index is -0.279. The number of nitrogens with zero attached hydrogens (tertiary/aromatic N) is 3. The highest BCUT2D eigenvalue weighted by molar-refractivity contribution is 6.33. The minimum absolute atomic E-state index is 0.0155. The van der Waals surface area contributed by atoms with Crippen molar-refractivity contribution in [2.24, 2.45) is 0 Å². The van der Waals surface area contributed by atoms with Crippen molar-refractivity contribution in [1.29, 1.82) is 0 Å². The lowest BCUT2D eigenvalue weighted by Crippen LogP contribution is -2.44. The Hall–Kier alpha value is -2.63. The predicted octanol–water partition coefficient (Wildman–Crippen LogP) is 3.91. The molecular weight excluding hydrogens is 374 g/mol. The molecule has 2 atom stereocenters. The molecule has 0 spiro atoms. The van der Waals surface area contributed by atoms with Crippen molar-refractivity contribution in [2.75, 3.05) is 18.0 Å². The van der Waals surface area contributed by atoms with E-state index in [-0.39, 0.29) is 22.8 Å². The summed E-state index contributed by atoms with van der Waals surface area (Å²) >= 11 is 6.48. The van der Waals surface area contributed by atoms with E-state index in [1.165, 1.54) is 4.68 Å². The first-order chi connectivity index (χ1) is 13.6. The number of benzene rings is 2. The Morgan fingerprint density at radius 2 is 1.75 bits per heavy atom. The standard InChI is InChI=1S/C22H22ClN3O2/c1-16-13-25(15-20(28-16)18-10-6-3-7-11-18)19-12-24-26(22(27)21(19)23)14-17-8-4-2-5-9-17/h2-12,16,20H,13-15H2,1H3. The molecule has 0 N–H and O–H groups in total. The van der Waals surface area contributed by atoms with Gasteiger partial charge in [0.05, 0.1) is 24.5 Å². The highest BCUT2D eigenvalue weighted by Gasteiger charge is 2.28. The van der Waals surface area contributed by atoms with Crippen molar-refractivity contribution in [3.63, 3.8) is 0 Å². The molecule has 3 aromatic rings. The summed E-state index contributed by atoms with van der Waals surface area (Å²) in [5.41, 5.74) is 2.50. The molecule has 144 valence electrons. The molecule has 2 unspecified atom stereocenters. The van der Waals surface area contributed by atoms with Crippen LogP contribution in [0, 0.1) is 0 Å². The van der Waals surface area contributed by atoms with Gasteiger partial charge in [-0.2, -0.15) is 5.10 Å². The first-order valence-corrected chi connectivity index (χ1v) is 9.74. The Bertz CT molecular complexity index is 992. The van der Waals surface area contributed by atoms with E-state index in [1.54, 1.807) is 6.20 Å². The number of hydrogen-bond donors (Lipinski definition) is 0. The van der Waals surface area contributed by atoms with E-state index in [9.17, 15) is 4.79 Å². The largest absolute Gasteiger partial charge is 0.367 e. The number of rotatable bonds is 4. The van der Waals surface area contributed by atoms with Crippen LogP contribution in [-0.2, 0) is 11.3 Å². The molecule has 0 aliphatic carbocycles. The van der Waals surface area contributed by atoms with Crippen molar-refractivity contribution >= 4 is 17.3 Å². The summed E-state index contributed by atoms with van der Waals surface area (Å²) < 4.78 is 7.51. The van der Waals surface area contributed by atoms with Crippen LogP contribution in [0.2, 0.25) is 5.02 Å². The quantitative estimate of drug-likeness (QED) is 0.672. The normalized spacial score (nSPS) is 19.6. The number of morpholine rings is 1. The highest BCUT2D eigenvalue weighted by atomic mass is 35.5. The van der Waals surface area contributed by atoms with E-state index >= 15 is 0 Å². The maximum atomic E-state index is 12.8. The summed E-state index contributed by atoms with van der Waals surface area (Å²) in [7, 11) is 0. The van der Waals surface area contributed by atoms with Crippen LogP contribution in [0.25, 0.3) is 0 Å². The van der Waals surface area contributed by atoms with Crippen LogP contribution in [0.4, 0.5) is 5.69 Å². The van der Waals surface area contributed by atoms with Crippen molar-refractivity contribution in [3.05, 3.63) is 93.4 Å². The number of hydrogen-bond acceptors (Lipinski definition) is 4. The summed E-state index contributed by atoms with van der Waals surface area (Å²) in [6, 6.07) is 19.8. The zero-order valence-electron chi connectivity index (χ0n) is 15.7. The Kier molecular flexibility index (Phi) is 5.46. The second kappa shape index (κ2) is 8.17. The molecule has 1 aromatic heterocycles. The lowest BCUT2D eigenvalue weighted by atomic mass is 10.1.